The average Bonchev–Trinajstić information content (AvgIpc) is 2.62. The maximum atomic E-state index is 5.72. The van der Waals surface area contributed by atoms with Crippen molar-refractivity contribution in [3.05, 3.63) is 54.4 Å². The number of aromatic nitrogens is 1. The Morgan fingerprint density at radius 1 is 0.957 bits per heavy atom. The van der Waals surface area contributed by atoms with E-state index in [0.29, 0.717) is 11.5 Å². The third-order valence-electron chi connectivity index (χ3n) is 4.10. The highest BCUT2D eigenvalue weighted by molar-refractivity contribution is 6.09. The fourth-order valence-electron chi connectivity index (χ4n) is 3.15. The van der Waals surface area contributed by atoms with Gasteiger partial charge in [-0.2, -0.15) is 0 Å². The zero-order chi connectivity index (χ0) is 15.8. The Morgan fingerprint density at radius 3 is 2.48 bits per heavy atom. The van der Waals surface area contributed by atoms with Crippen molar-refractivity contribution in [2.75, 3.05) is 19.5 Å². The Bertz CT molecular complexity index is 918. The van der Waals surface area contributed by atoms with Gasteiger partial charge in [0.15, 0.2) is 11.5 Å². The van der Waals surface area contributed by atoms with Crippen LogP contribution >= 0.6 is 0 Å². The van der Waals surface area contributed by atoms with Crippen LogP contribution in [0, 0.1) is 0 Å². The van der Waals surface area contributed by atoms with E-state index in [1.165, 1.54) is 0 Å². The van der Waals surface area contributed by atoms with Crippen LogP contribution in [0.2, 0.25) is 0 Å². The van der Waals surface area contributed by atoms with Crippen molar-refractivity contribution < 1.29 is 9.47 Å². The highest BCUT2D eigenvalue weighted by Crippen LogP contribution is 2.49. The molecule has 0 saturated carbocycles. The zero-order valence-electron chi connectivity index (χ0n) is 13.0. The predicted molar refractivity (Wildman–Crippen MR) is 92.9 cm³/mol. The zero-order valence-corrected chi connectivity index (χ0v) is 13.0. The van der Waals surface area contributed by atoms with Crippen LogP contribution in [0.5, 0.6) is 11.5 Å². The van der Waals surface area contributed by atoms with Gasteiger partial charge in [0.25, 0.3) is 0 Å². The van der Waals surface area contributed by atoms with Gasteiger partial charge in [0, 0.05) is 29.0 Å². The lowest BCUT2D eigenvalue weighted by Crippen LogP contribution is -2.03. The lowest BCUT2D eigenvalue weighted by Gasteiger charge is -2.22. The summed E-state index contributed by atoms with van der Waals surface area (Å²) in [6.07, 6.45) is 5.77. The van der Waals surface area contributed by atoms with Crippen LogP contribution in [0.4, 0.5) is 5.69 Å². The monoisotopic (exact) mass is 304 g/mol. The van der Waals surface area contributed by atoms with Gasteiger partial charge in [-0.15, -0.1) is 0 Å². The fraction of sp³-hybridized carbons (Fsp3) is 0.105. The number of pyridine rings is 1. The number of benzene rings is 2. The standard InChI is InChI=1S/C19H16N2O2/c1-22-18-15(12-6-4-3-5-7-12)13-8-10-20-14-9-11-21-17(16(13)14)19(18)23-2/h3-11,20H,1-2H3. The van der Waals surface area contributed by atoms with Gasteiger partial charge in [-0.25, -0.2) is 0 Å². The van der Waals surface area contributed by atoms with E-state index in [-0.39, 0.29) is 0 Å². The van der Waals surface area contributed by atoms with E-state index in [1.54, 1.807) is 20.4 Å². The molecular formula is C19H16N2O2. The first-order valence-corrected chi connectivity index (χ1v) is 7.40. The molecule has 4 heteroatoms. The van der Waals surface area contributed by atoms with Crippen LogP contribution in [-0.4, -0.2) is 19.2 Å². The Balaban J connectivity index is 2.22. The first-order chi connectivity index (χ1) is 11.3. The molecule has 0 spiro atoms. The number of nitrogens with one attached hydrogen (secondary N) is 1. The minimum absolute atomic E-state index is 0.657. The summed E-state index contributed by atoms with van der Waals surface area (Å²) in [6, 6.07) is 12.2. The molecule has 0 amide bonds. The molecule has 0 aliphatic carbocycles. The average molecular weight is 304 g/mol. The van der Waals surface area contributed by atoms with Gasteiger partial charge in [-0.05, 0) is 23.3 Å². The van der Waals surface area contributed by atoms with E-state index in [1.807, 2.05) is 30.5 Å². The normalized spacial score (nSPS) is 12.1. The molecule has 114 valence electrons. The molecule has 4 rings (SSSR count). The second-order valence-corrected chi connectivity index (χ2v) is 5.28. The van der Waals surface area contributed by atoms with Crippen LogP contribution in [0.25, 0.3) is 28.1 Å². The highest BCUT2D eigenvalue weighted by atomic mass is 16.5. The van der Waals surface area contributed by atoms with Crippen LogP contribution < -0.4 is 14.8 Å². The summed E-state index contributed by atoms with van der Waals surface area (Å²) in [6.45, 7) is 0. The summed E-state index contributed by atoms with van der Waals surface area (Å²) < 4.78 is 11.4. The van der Waals surface area contributed by atoms with Crippen molar-refractivity contribution in [1.82, 2.24) is 4.98 Å². The quantitative estimate of drug-likeness (QED) is 0.783. The maximum absolute atomic E-state index is 5.72. The lowest BCUT2D eigenvalue weighted by molar-refractivity contribution is 0.359. The van der Waals surface area contributed by atoms with Crippen LogP contribution in [0.3, 0.4) is 0 Å². The molecule has 2 heterocycles. The maximum Gasteiger partial charge on any atom is 0.187 e. The van der Waals surface area contributed by atoms with Crippen molar-refractivity contribution in [3.63, 3.8) is 0 Å². The highest BCUT2D eigenvalue weighted by Gasteiger charge is 2.24. The topological polar surface area (TPSA) is 43.4 Å². The van der Waals surface area contributed by atoms with Crippen molar-refractivity contribution in [2.24, 2.45) is 0 Å². The van der Waals surface area contributed by atoms with Crippen molar-refractivity contribution >= 4 is 22.7 Å². The number of hydrogen-bond acceptors (Lipinski definition) is 4. The summed E-state index contributed by atoms with van der Waals surface area (Å²) in [4.78, 5) is 4.52. The SMILES string of the molecule is COc1c(-c2ccccc2)c2c3c(ccnc3c1OC)NC=C2. The predicted octanol–water partition coefficient (Wildman–Crippen LogP) is 4.32. The molecule has 0 saturated heterocycles. The molecule has 1 aliphatic rings. The number of nitrogens with zero attached hydrogens (tertiary/aromatic N) is 1. The third-order valence-corrected chi connectivity index (χ3v) is 4.10. The van der Waals surface area contributed by atoms with Gasteiger partial charge in [0.1, 0.15) is 5.52 Å². The minimum atomic E-state index is 0.657. The lowest BCUT2D eigenvalue weighted by atomic mass is 9.92. The molecule has 1 N–H and O–H groups in total. The molecule has 4 nitrogen and oxygen atoms in total. The largest absolute Gasteiger partial charge is 0.492 e. The van der Waals surface area contributed by atoms with Crippen LogP contribution in [0.15, 0.2) is 48.8 Å². The summed E-state index contributed by atoms with van der Waals surface area (Å²) >= 11 is 0. The third kappa shape index (κ3) is 1.95. The van der Waals surface area contributed by atoms with Crippen molar-refractivity contribution in [2.45, 2.75) is 0 Å². The van der Waals surface area contributed by atoms with Crippen molar-refractivity contribution in [1.29, 1.82) is 0 Å². The molecule has 1 aromatic heterocycles. The van der Waals surface area contributed by atoms with E-state index in [9.17, 15) is 0 Å². The Labute approximate surface area is 134 Å². The number of rotatable bonds is 3. The number of hydrogen-bond donors (Lipinski definition) is 1. The summed E-state index contributed by atoms with van der Waals surface area (Å²) in [7, 11) is 3.31. The summed E-state index contributed by atoms with van der Waals surface area (Å²) in [5.41, 5.74) is 5.01. The smallest absolute Gasteiger partial charge is 0.187 e. The summed E-state index contributed by atoms with van der Waals surface area (Å²) in [5.74, 6) is 1.36. The molecule has 0 atom stereocenters. The Hall–Kier alpha value is -3.01. The van der Waals surface area contributed by atoms with E-state index in [4.69, 9.17) is 9.47 Å². The van der Waals surface area contributed by atoms with E-state index in [0.717, 1.165) is 33.3 Å². The van der Waals surface area contributed by atoms with Gasteiger partial charge in [0.2, 0.25) is 0 Å². The van der Waals surface area contributed by atoms with Gasteiger partial charge < -0.3 is 14.8 Å². The van der Waals surface area contributed by atoms with Crippen molar-refractivity contribution in [3.8, 4) is 22.6 Å². The Morgan fingerprint density at radius 2 is 1.74 bits per heavy atom. The molecule has 1 aliphatic heterocycles. The molecule has 0 radical (unpaired) electrons. The van der Waals surface area contributed by atoms with E-state index in [2.05, 4.69) is 28.5 Å². The van der Waals surface area contributed by atoms with Crippen LogP contribution in [0.1, 0.15) is 5.56 Å². The molecule has 3 aromatic rings. The molecule has 0 fully saturated rings. The fourth-order valence-corrected chi connectivity index (χ4v) is 3.15. The molecule has 0 unspecified atom stereocenters. The van der Waals surface area contributed by atoms with Gasteiger partial charge in [-0.3, -0.25) is 4.98 Å². The van der Waals surface area contributed by atoms with Gasteiger partial charge in [-0.1, -0.05) is 30.3 Å². The number of ether oxygens (including phenoxy) is 2. The van der Waals surface area contributed by atoms with E-state index >= 15 is 0 Å². The first-order valence-electron chi connectivity index (χ1n) is 7.40. The molecular weight excluding hydrogens is 288 g/mol. The van der Waals surface area contributed by atoms with Gasteiger partial charge >= 0.3 is 0 Å². The van der Waals surface area contributed by atoms with E-state index < -0.39 is 0 Å². The van der Waals surface area contributed by atoms with Crippen LogP contribution in [-0.2, 0) is 0 Å². The number of anilines is 1. The Kier molecular flexibility index (Phi) is 3.15. The molecule has 2 aromatic carbocycles. The van der Waals surface area contributed by atoms with Gasteiger partial charge in [0.05, 0.1) is 14.2 Å². The second-order valence-electron chi connectivity index (χ2n) is 5.28. The molecule has 23 heavy (non-hydrogen) atoms. The second kappa shape index (κ2) is 5.32. The minimum Gasteiger partial charge on any atom is -0.492 e. The first kappa shape index (κ1) is 13.6. The summed E-state index contributed by atoms with van der Waals surface area (Å²) in [5, 5.41) is 4.33. The number of methoxy groups -OCH3 is 2. The molecule has 0 bridgehead atoms.